The number of hydrogen-bond acceptors (Lipinski definition) is 6. The Balaban J connectivity index is 3.21. The van der Waals surface area contributed by atoms with E-state index in [0.29, 0.717) is 0 Å². The van der Waals surface area contributed by atoms with Crippen molar-refractivity contribution in [1.29, 1.82) is 0 Å². The maximum absolute atomic E-state index is 11.4. The maximum atomic E-state index is 11.4. The summed E-state index contributed by atoms with van der Waals surface area (Å²) < 4.78 is 10.1. The first-order valence-corrected chi connectivity index (χ1v) is 6.78. The number of carbonyl (C=O) groups is 1. The van der Waals surface area contributed by atoms with Crippen molar-refractivity contribution in [2.24, 2.45) is 0 Å². The Kier molecular flexibility index (Phi) is 10.8. The molecule has 114 valence electrons. The fourth-order valence-corrected chi connectivity index (χ4v) is 1.35. The van der Waals surface area contributed by atoms with Crippen LogP contribution in [-0.4, -0.2) is 64.6 Å². The van der Waals surface area contributed by atoms with Crippen LogP contribution in [0.25, 0.3) is 0 Å². The zero-order valence-corrected chi connectivity index (χ0v) is 12.7. The minimum atomic E-state index is -0.412. The second-order valence-corrected chi connectivity index (χ2v) is 5.26. The molecule has 0 aliphatic rings. The summed E-state index contributed by atoms with van der Waals surface area (Å²) in [5, 5.41) is 9.55. The monoisotopic (exact) mass is 275 g/mol. The van der Waals surface area contributed by atoms with Crippen molar-refractivity contribution in [3.05, 3.63) is 0 Å². The first-order valence-electron chi connectivity index (χ1n) is 6.78. The minimum absolute atomic E-state index is 0.214. The highest BCUT2D eigenvalue weighted by molar-refractivity contribution is 5.72. The smallest absolute Gasteiger partial charge is 0.320 e. The Morgan fingerprint density at radius 1 is 0.947 bits per heavy atom. The van der Waals surface area contributed by atoms with Crippen molar-refractivity contribution in [2.75, 3.05) is 53.0 Å². The van der Waals surface area contributed by atoms with Gasteiger partial charge in [-0.3, -0.25) is 4.79 Å². The Labute approximate surface area is 116 Å². The lowest BCUT2D eigenvalue weighted by molar-refractivity contribution is -0.153. The zero-order chi connectivity index (χ0) is 14.6. The van der Waals surface area contributed by atoms with Gasteiger partial charge in [-0.2, -0.15) is 0 Å². The van der Waals surface area contributed by atoms with E-state index in [1.54, 1.807) is 7.11 Å². The van der Waals surface area contributed by atoms with E-state index < -0.39 is 5.60 Å². The summed E-state index contributed by atoms with van der Waals surface area (Å²) in [5.41, 5.74) is -0.412. The van der Waals surface area contributed by atoms with Crippen LogP contribution in [0.1, 0.15) is 20.8 Å². The summed E-state index contributed by atoms with van der Waals surface area (Å²) in [6.07, 6.45) is 0. The summed E-state index contributed by atoms with van der Waals surface area (Å²) in [7, 11) is 1.69. The molecule has 0 amide bonds. The highest BCUT2D eigenvalue weighted by Crippen LogP contribution is 2.05. The van der Waals surface area contributed by atoms with Crippen LogP contribution in [0.3, 0.4) is 0 Å². The van der Waals surface area contributed by atoms with Crippen LogP contribution in [0, 0.1) is 0 Å². The van der Waals surface area contributed by atoms with Gasteiger partial charge in [0, 0.05) is 39.8 Å². The first kappa shape index (κ1) is 18.3. The third-order valence-electron chi connectivity index (χ3n) is 2.13. The van der Waals surface area contributed by atoms with Gasteiger partial charge >= 0.3 is 5.97 Å². The third kappa shape index (κ3) is 15.3. The molecule has 0 aromatic carbocycles. The van der Waals surface area contributed by atoms with Gasteiger partial charge in [0.1, 0.15) is 5.60 Å². The molecular formula is C13H29N3O3. The van der Waals surface area contributed by atoms with E-state index in [0.717, 1.165) is 39.3 Å². The van der Waals surface area contributed by atoms with Crippen LogP contribution >= 0.6 is 0 Å². The van der Waals surface area contributed by atoms with Crippen LogP contribution < -0.4 is 16.0 Å². The zero-order valence-electron chi connectivity index (χ0n) is 12.7. The minimum Gasteiger partial charge on any atom is -0.459 e. The van der Waals surface area contributed by atoms with Gasteiger partial charge in [0.25, 0.3) is 0 Å². The SMILES string of the molecule is COCCNCCNCCNCC(=O)OC(C)(C)C. The van der Waals surface area contributed by atoms with Crippen molar-refractivity contribution in [3.8, 4) is 0 Å². The van der Waals surface area contributed by atoms with Gasteiger partial charge in [0.15, 0.2) is 0 Å². The molecule has 0 heterocycles. The molecule has 0 unspecified atom stereocenters. The van der Waals surface area contributed by atoms with E-state index in [-0.39, 0.29) is 12.5 Å². The number of carbonyl (C=O) groups excluding carboxylic acids is 1. The van der Waals surface area contributed by atoms with Crippen molar-refractivity contribution in [1.82, 2.24) is 16.0 Å². The predicted molar refractivity (Wildman–Crippen MR) is 76.3 cm³/mol. The fourth-order valence-electron chi connectivity index (χ4n) is 1.35. The van der Waals surface area contributed by atoms with Crippen molar-refractivity contribution in [2.45, 2.75) is 26.4 Å². The molecule has 0 atom stereocenters. The van der Waals surface area contributed by atoms with Crippen LogP contribution in [0.15, 0.2) is 0 Å². The molecule has 6 heteroatoms. The lowest BCUT2D eigenvalue weighted by Gasteiger charge is -2.19. The number of ether oxygens (including phenoxy) is 2. The van der Waals surface area contributed by atoms with Gasteiger partial charge in [-0.1, -0.05) is 0 Å². The molecule has 0 aliphatic carbocycles. The van der Waals surface area contributed by atoms with Crippen LogP contribution in [0.2, 0.25) is 0 Å². The Hall–Kier alpha value is -0.690. The number of esters is 1. The number of methoxy groups -OCH3 is 1. The van der Waals surface area contributed by atoms with E-state index in [2.05, 4.69) is 16.0 Å². The van der Waals surface area contributed by atoms with E-state index in [1.165, 1.54) is 0 Å². The highest BCUT2D eigenvalue weighted by Gasteiger charge is 2.15. The van der Waals surface area contributed by atoms with Gasteiger partial charge in [0.05, 0.1) is 13.2 Å². The summed E-state index contributed by atoms with van der Waals surface area (Å²) in [4.78, 5) is 11.4. The van der Waals surface area contributed by atoms with Crippen molar-refractivity contribution < 1.29 is 14.3 Å². The van der Waals surface area contributed by atoms with Crippen molar-refractivity contribution >= 4 is 5.97 Å². The summed E-state index contributed by atoms with van der Waals surface area (Å²) in [6.45, 7) is 10.8. The average molecular weight is 275 g/mol. The predicted octanol–water partition coefficient (Wildman–Crippen LogP) is -0.257. The molecule has 0 saturated carbocycles. The first-order chi connectivity index (χ1) is 8.95. The topological polar surface area (TPSA) is 71.6 Å². The molecule has 0 spiro atoms. The largest absolute Gasteiger partial charge is 0.459 e. The molecule has 0 aromatic heterocycles. The van der Waals surface area contributed by atoms with Crippen LogP contribution in [0.5, 0.6) is 0 Å². The quantitative estimate of drug-likeness (QED) is 0.357. The molecule has 0 radical (unpaired) electrons. The molecule has 0 fully saturated rings. The Morgan fingerprint density at radius 3 is 2.00 bits per heavy atom. The molecule has 19 heavy (non-hydrogen) atoms. The molecule has 0 aliphatic heterocycles. The van der Waals surface area contributed by atoms with E-state index >= 15 is 0 Å². The Bertz CT molecular complexity index is 230. The normalized spacial score (nSPS) is 11.6. The number of nitrogens with one attached hydrogen (secondary N) is 3. The van der Waals surface area contributed by atoms with Crippen LogP contribution in [0.4, 0.5) is 0 Å². The second kappa shape index (κ2) is 11.2. The fraction of sp³-hybridized carbons (Fsp3) is 0.923. The maximum Gasteiger partial charge on any atom is 0.320 e. The molecule has 0 aromatic rings. The average Bonchev–Trinajstić information content (AvgIpc) is 2.29. The summed E-state index contributed by atoms with van der Waals surface area (Å²) in [6, 6.07) is 0. The molecule has 6 nitrogen and oxygen atoms in total. The second-order valence-electron chi connectivity index (χ2n) is 5.26. The molecule has 0 rings (SSSR count). The van der Waals surface area contributed by atoms with Crippen LogP contribution in [-0.2, 0) is 14.3 Å². The van der Waals surface area contributed by atoms with Crippen molar-refractivity contribution in [3.63, 3.8) is 0 Å². The van der Waals surface area contributed by atoms with Gasteiger partial charge in [-0.05, 0) is 20.8 Å². The van der Waals surface area contributed by atoms with Gasteiger partial charge < -0.3 is 25.4 Å². The highest BCUT2D eigenvalue weighted by atomic mass is 16.6. The molecule has 0 bridgehead atoms. The number of hydrogen-bond donors (Lipinski definition) is 3. The van der Waals surface area contributed by atoms with Gasteiger partial charge in [-0.15, -0.1) is 0 Å². The Morgan fingerprint density at radius 2 is 1.47 bits per heavy atom. The van der Waals surface area contributed by atoms with E-state index in [9.17, 15) is 4.79 Å². The van der Waals surface area contributed by atoms with Gasteiger partial charge in [-0.25, -0.2) is 0 Å². The molecule has 0 saturated heterocycles. The van der Waals surface area contributed by atoms with Gasteiger partial charge in [0.2, 0.25) is 0 Å². The lowest BCUT2D eigenvalue weighted by Crippen LogP contribution is -2.36. The lowest BCUT2D eigenvalue weighted by atomic mass is 10.2. The van der Waals surface area contributed by atoms with E-state index in [1.807, 2.05) is 20.8 Å². The third-order valence-corrected chi connectivity index (χ3v) is 2.13. The number of rotatable bonds is 11. The van der Waals surface area contributed by atoms with E-state index in [4.69, 9.17) is 9.47 Å². The molecular weight excluding hydrogens is 246 g/mol. The molecule has 3 N–H and O–H groups in total. The standard InChI is InChI=1S/C13H29N3O3/c1-13(2,3)19-12(17)11-16-8-7-14-5-6-15-9-10-18-4/h14-16H,5-11H2,1-4H3. The summed E-state index contributed by atoms with van der Waals surface area (Å²) in [5.74, 6) is -0.214. The summed E-state index contributed by atoms with van der Waals surface area (Å²) >= 11 is 0.